The summed E-state index contributed by atoms with van der Waals surface area (Å²) in [7, 11) is 4.51. The molecule has 1 N–H and O–H groups in total. The monoisotopic (exact) mass is 309 g/mol. The molecule has 4 heteroatoms. The molecule has 120 valence electrons. The van der Waals surface area contributed by atoms with Gasteiger partial charge < -0.3 is 10.2 Å². The first kappa shape index (κ1) is 16.9. The Morgan fingerprint density at radius 1 is 1.24 bits per heavy atom. The van der Waals surface area contributed by atoms with Crippen LogP contribution in [0.25, 0.3) is 0 Å². The van der Waals surface area contributed by atoms with E-state index in [-0.39, 0.29) is 5.54 Å². The maximum Gasteiger partial charge on any atom is 0.0327 e. The highest BCUT2D eigenvalue weighted by Crippen LogP contribution is 2.22. The zero-order chi connectivity index (χ0) is 15.5. The van der Waals surface area contributed by atoms with E-state index in [2.05, 4.69) is 62.1 Å². The molecule has 0 atom stereocenters. The van der Waals surface area contributed by atoms with Crippen molar-refractivity contribution in [3.63, 3.8) is 0 Å². The van der Waals surface area contributed by atoms with Gasteiger partial charge in [-0.05, 0) is 72.9 Å². The van der Waals surface area contributed by atoms with Crippen molar-refractivity contribution >= 4 is 11.3 Å². The summed E-state index contributed by atoms with van der Waals surface area (Å²) in [5.74, 6) is 0. The van der Waals surface area contributed by atoms with Crippen molar-refractivity contribution in [1.29, 1.82) is 0 Å². The standard InChI is InChI=1S/C17H31N3S/c1-17(2,3)18-12-15-6-7-16(21-15)13-20(5)14-8-10-19(4)11-9-14/h6-7,14,18H,8-13H2,1-5H3. The summed E-state index contributed by atoms with van der Waals surface area (Å²) in [6.07, 6.45) is 2.60. The fourth-order valence-corrected chi connectivity index (χ4v) is 3.79. The summed E-state index contributed by atoms with van der Waals surface area (Å²) in [5, 5.41) is 3.56. The maximum absolute atomic E-state index is 3.56. The van der Waals surface area contributed by atoms with Gasteiger partial charge >= 0.3 is 0 Å². The van der Waals surface area contributed by atoms with Crippen LogP contribution in [0.3, 0.4) is 0 Å². The fourth-order valence-electron chi connectivity index (χ4n) is 2.77. The topological polar surface area (TPSA) is 18.5 Å². The van der Waals surface area contributed by atoms with Crippen LogP contribution in [0.4, 0.5) is 0 Å². The average molecular weight is 310 g/mol. The molecule has 1 aromatic heterocycles. The lowest BCUT2D eigenvalue weighted by molar-refractivity contribution is 0.140. The van der Waals surface area contributed by atoms with Crippen molar-refractivity contribution in [2.45, 2.75) is 58.3 Å². The van der Waals surface area contributed by atoms with Crippen molar-refractivity contribution < 1.29 is 0 Å². The molecule has 0 bridgehead atoms. The van der Waals surface area contributed by atoms with Crippen LogP contribution in [0.2, 0.25) is 0 Å². The van der Waals surface area contributed by atoms with Crippen molar-refractivity contribution in [3.8, 4) is 0 Å². The van der Waals surface area contributed by atoms with Crippen molar-refractivity contribution in [2.75, 3.05) is 27.2 Å². The summed E-state index contributed by atoms with van der Waals surface area (Å²) in [5.41, 5.74) is 0.190. The maximum atomic E-state index is 3.56. The van der Waals surface area contributed by atoms with Crippen LogP contribution in [0.15, 0.2) is 12.1 Å². The van der Waals surface area contributed by atoms with Gasteiger partial charge in [0, 0.05) is 34.4 Å². The summed E-state index contributed by atoms with van der Waals surface area (Å²) in [6.45, 7) is 11.2. The van der Waals surface area contributed by atoms with Crippen LogP contribution in [-0.4, -0.2) is 48.6 Å². The van der Waals surface area contributed by atoms with Gasteiger partial charge in [-0.25, -0.2) is 0 Å². The van der Waals surface area contributed by atoms with Gasteiger partial charge in [0.25, 0.3) is 0 Å². The van der Waals surface area contributed by atoms with Gasteiger partial charge in [-0.3, -0.25) is 4.90 Å². The highest BCUT2D eigenvalue weighted by Gasteiger charge is 2.20. The zero-order valence-electron chi connectivity index (χ0n) is 14.3. The molecular formula is C17H31N3S. The van der Waals surface area contributed by atoms with E-state index in [0.29, 0.717) is 0 Å². The number of rotatable bonds is 5. The van der Waals surface area contributed by atoms with Crippen LogP contribution in [0.1, 0.15) is 43.4 Å². The number of likely N-dealkylation sites (tertiary alicyclic amines) is 1. The summed E-state index contributed by atoms with van der Waals surface area (Å²) in [6, 6.07) is 5.33. The van der Waals surface area contributed by atoms with E-state index in [1.807, 2.05) is 11.3 Å². The molecule has 1 aliphatic rings. The van der Waals surface area contributed by atoms with Gasteiger partial charge in [0.1, 0.15) is 0 Å². The van der Waals surface area contributed by atoms with Gasteiger partial charge in [-0.1, -0.05) is 0 Å². The van der Waals surface area contributed by atoms with E-state index >= 15 is 0 Å². The van der Waals surface area contributed by atoms with Gasteiger partial charge in [0.2, 0.25) is 0 Å². The number of nitrogens with zero attached hydrogens (tertiary/aromatic N) is 2. The van der Waals surface area contributed by atoms with Crippen LogP contribution in [0.5, 0.6) is 0 Å². The van der Waals surface area contributed by atoms with Crippen LogP contribution in [0, 0.1) is 0 Å². The fraction of sp³-hybridized carbons (Fsp3) is 0.765. The minimum atomic E-state index is 0.190. The Balaban J connectivity index is 1.81. The SMILES string of the molecule is CN1CCC(N(C)Cc2ccc(CNC(C)(C)C)s2)CC1. The Labute approximate surface area is 134 Å². The lowest BCUT2D eigenvalue weighted by Crippen LogP contribution is -2.41. The lowest BCUT2D eigenvalue weighted by Gasteiger charge is -2.34. The predicted octanol–water partition coefficient (Wildman–Crippen LogP) is 3.16. The van der Waals surface area contributed by atoms with E-state index in [1.165, 1.54) is 35.7 Å². The summed E-state index contributed by atoms with van der Waals surface area (Å²) in [4.78, 5) is 7.91. The Bertz CT molecular complexity index is 427. The van der Waals surface area contributed by atoms with E-state index in [1.54, 1.807) is 0 Å². The summed E-state index contributed by atoms with van der Waals surface area (Å²) < 4.78 is 0. The molecule has 2 rings (SSSR count). The first-order valence-electron chi connectivity index (χ1n) is 8.05. The molecule has 0 amide bonds. The molecule has 0 aliphatic carbocycles. The van der Waals surface area contributed by atoms with Crippen LogP contribution in [-0.2, 0) is 13.1 Å². The summed E-state index contributed by atoms with van der Waals surface area (Å²) >= 11 is 1.95. The lowest BCUT2D eigenvalue weighted by atomic mass is 10.0. The molecular weight excluding hydrogens is 278 g/mol. The number of thiophene rings is 1. The molecule has 0 saturated carbocycles. The predicted molar refractivity (Wildman–Crippen MR) is 92.9 cm³/mol. The minimum absolute atomic E-state index is 0.190. The Kier molecular flexibility index (Phi) is 5.83. The van der Waals surface area contributed by atoms with Gasteiger partial charge in [0.15, 0.2) is 0 Å². The number of hydrogen-bond acceptors (Lipinski definition) is 4. The molecule has 1 saturated heterocycles. The second-order valence-electron chi connectivity index (χ2n) is 7.42. The highest BCUT2D eigenvalue weighted by atomic mass is 32.1. The van der Waals surface area contributed by atoms with E-state index in [0.717, 1.165) is 19.1 Å². The highest BCUT2D eigenvalue weighted by molar-refractivity contribution is 7.11. The Morgan fingerprint density at radius 3 is 2.48 bits per heavy atom. The third-order valence-electron chi connectivity index (χ3n) is 4.23. The molecule has 0 radical (unpaired) electrons. The van der Waals surface area contributed by atoms with Crippen LogP contribution >= 0.6 is 11.3 Å². The van der Waals surface area contributed by atoms with Crippen molar-refractivity contribution in [3.05, 3.63) is 21.9 Å². The number of piperidine rings is 1. The molecule has 1 aliphatic heterocycles. The minimum Gasteiger partial charge on any atom is -0.307 e. The van der Waals surface area contributed by atoms with Crippen molar-refractivity contribution in [2.24, 2.45) is 0 Å². The normalized spacial score (nSPS) is 18.6. The van der Waals surface area contributed by atoms with Gasteiger partial charge in [-0.2, -0.15) is 0 Å². The number of nitrogens with one attached hydrogen (secondary N) is 1. The van der Waals surface area contributed by atoms with Gasteiger partial charge in [0.05, 0.1) is 0 Å². The van der Waals surface area contributed by atoms with E-state index < -0.39 is 0 Å². The molecule has 0 aromatic carbocycles. The molecule has 3 nitrogen and oxygen atoms in total. The molecule has 0 unspecified atom stereocenters. The van der Waals surface area contributed by atoms with Gasteiger partial charge in [-0.15, -0.1) is 11.3 Å². The quantitative estimate of drug-likeness (QED) is 0.901. The molecule has 1 aromatic rings. The molecule has 21 heavy (non-hydrogen) atoms. The Morgan fingerprint density at radius 2 is 1.86 bits per heavy atom. The third kappa shape index (κ3) is 5.70. The smallest absolute Gasteiger partial charge is 0.0327 e. The van der Waals surface area contributed by atoms with Crippen LogP contribution < -0.4 is 5.32 Å². The molecule has 2 heterocycles. The first-order chi connectivity index (χ1) is 9.83. The second kappa shape index (κ2) is 7.23. The average Bonchev–Trinajstić information content (AvgIpc) is 2.84. The van der Waals surface area contributed by atoms with E-state index in [9.17, 15) is 0 Å². The third-order valence-corrected chi connectivity index (χ3v) is 5.30. The molecule has 0 spiro atoms. The number of hydrogen-bond donors (Lipinski definition) is 1. The second-order valence-corrected chi connectivity index (χ2v) is 8.67. The van der Waals surface area contributed by atoms with Crippen molar-refractivity contribution in [1.82, 2.24) is 15.1 Å². The molecule has 1 fully saturated rings. The first-order valence-corrected chi connectivity index (χ1v) is 8.86. The largest absolute Gasteiger partial charge is 0.307 e. The van der Waals surface area contributed by atoms with E-state index in [4.69, 9.17) is 0 Å². The zero-order valence-corrected chi connectivity index (χ0v) is 15.1. The Hall–Kier alpha value is -0.420.